The molecule has 0 atom stereocenters. The molecule has 4 nitrogen and oxygen atoms in total. The summed E-state index contributed by atoms with van der Waals surface area (Å²) >= 11 is -6.11. The molecule has 4 aromatic carbocycles. The maximum absolute atomic E-state index is 8.64. The Morgan fingerprint density at radius 1 is 0.433 bits per heavy atom. The van der Waals surface area contributed by atoms with E-state index in [0.717, 1.165) is 0 Å². The molecule has 0 aliphatic carbocycles. The van der Waals surface area contributed by atoms with Gasteiger partial charge in [0.2, 0.25) is 0 Å². The Hall–Kier alpha value is -2.67. The molecule has 0 spiro atoms. The number of hydrogen-bond acceptors (Lipinski definition) is 4. The second-order valence-electron chi connectivity index (χ2n) is 6.39. The molecule has 0 aliphatic rings. The van der Waals surface area contributed by atoms with Gasteiger partial charge in [0.15, 0.2) is 0 Å². The van der Waals surface area contributed by atoms with Crippen molar-refractivity contribution in [3.63, 3.8) is 0 Å². The van der Waals surface area contributed by atoms with E-state index in [4.69, 9.17) is 14.2 Å². The van der Waals surface area contributed by atoms with Crippen molar-refractivity contribution >= 4 is 28.5 Å². The van der Waals surface area contributed by atoms with Crippen LogP contribution in [-0.4, -0.2) is 0 Å². The quantitative estimate of drug-likeness (QED) is 0.344. The normalized spacial score (nSPS) is 11.2. The van der Waals surface area contributed by atoms with Crippen LogP contribution in [0.15, 0.2) is 121 Å². The van der Waals surface area contributed by atoms with E-state index < -0.39 is 23.0 Å². The van der Waals surface area contributed by atoms with Crippen molar-refractivity contribution in [2.75, 3.05) is 0 Å². The molecule has 0 unspecified atom stereocenters. The standard InChI is InChI=1S/C24H20P.4O.Re/c1-5-13-21(14-6-1)25(22-15-7-2-8-16-22,23-17-9-3-10-18-23)24-19-11-4-12-20-24;;;;;/h1-20H;;;;;/q+1;;;;-1;. The maximum Gasteiger partial charge on any atom is 0.144 e. The molecule has 0 aliphatic heterocycles. The maximum atomic E-state index is 8.64. The second kappa shape index (κ2) is 9.89. The average molecular weight is 590 g/mol. The summed E-state index contributed by atoms with van der Waals surface area (Å²) in [5.74, 6) is 0. The Morgan fingerprint density at radius 3 is 0.767 bits per heavy atom. The predicted octanol–water partition coefficient (Wildman–Crippen LogP) is 2.76. The Morgan fingerprint density at radius 2 is 0.600 bits per heavy atom. The van der Waals surface area contributed by atoms with Gasteiger partial charge >= 0.3 is 30.0 Å². The average Bonchev–Trinajstić information content (AvgIpc) is 2.76. The van der Waals surface area contributed by atoms with Gasteiger partial charge in [-0.1, -0.05) is 72.8 Å². The molecular formula is C24H20O4PRe. The molecule has 152 valence electrons. The summed E-state index contributed by atoms with van der Waals surface area (Å²) in [6, 6.07) is 43.8. The van der Waals surface area contributed by atoms with Crippen LogP contribution in [0.25, 0.3) is 0 Å². The Labute approximate surface area is 179 Å². The minimum atomic E-state index is -6.11. The van der Waals surface area contributed by atoms with Crippen LogP contribution in [0.4, 0.5) is 0 Å². The first kappa shape index (κ1) is 22.0. The molecule has 0 bridgehead atoms. The monoisotopic (exact) mass is 590 g/mol. The number of hydrogen-bond donors (Lipinski definition) is 0. The van der Waals surface area contributed by atoms with Crippen molar-refractivity contribution in [2.24, 2.45) is 0 Å². The number of rotatable bonds is 4. The van der Waals surface area contributed by atoms with Gasteiger partial charge in [-0.3, -0.25) is 0 Å². The molecule has 0 saturated heterocycles. The van der Waals surface area contributed by atoms with Gasteiger partial charge in [-0.15, -0.1) is 0 Å². The molecule has 6 heteroatoms. The van der Waals surface area contributed by atoms with Crippen LogP contribution in [0.2, 0.25) is 0 Å². The van der Waals surface area contributed by atoms with Crippen molar-refractivity contribution in [3.8, 4) is 0 Å². The van der Waals surface area contributed by atoms with Crippen molar-refractivity contribution in [2.45, 2.75) is 0 Å². The van der Waals surface area contributed by atoms with Crippen LogP contribution >= 0.6 is 7.26 Å². The third-order valence-corrected chi connectivity index (χ3v) is 8.86. The first-order valence-corrected chi connectivity index (χ1v) is 15.4. The van der Waals surface area contributed by atoms with E-state index in [0.29, 0.717) is 0 Å². The summed E-state index contributed by atoms with van der Waals surface area (Å²) in [6.45, 7) is 0. The molecule has 0 fully saturated rings. The van der Waals surface area contributed by atoms with Crippen LogP contribution in [0.5, 0.6) is 0 Å². The largest absolute Gasteiger partial charge is 0.144 e. The van der Waals surface area contributed by atoms with E-state index in [9.17, 15) is 0 Å². The molecule has 0 N–H and O–H groups in total. The third-order valence-electron chi connectivity index (χ3n) is 4.57. The summed E-state index contributed by atoms with van der Waals surface area (Å²) in [6.07, 6.45) is 0. The van der Waals surface area contributed by atoms with Crippen LogP contribution < -0.4 is 25.0 Å². The van der Waals surface area contributed by atoms with E-state index in [1.54, 1.807) is 0 Å². The summed E-state index contributed by atoms with van der Waals surface area (Å²) in [4.78, 5) is 0. The molecule has 4 rings (SSSR count). The Balaban J connectivity index is 0.000000461. The van der Waals surface area contributed by atoms with Crippen molar-refractivity contribution in [1.29, 1.82) is 0 Å². The van der Waals surface area contributed by atoms with E-state index in [-0.39, 0.29) is 0 Å². The van der Waals surface area contributed by atoms with E-state index in [1.165, 1.54) is 21.2 Å². The van der Waals surface area contributed by atoms with Crippen LogP contribution in [0.1, 0.15) is 0 Å². The fraction of sp³-hybridized carbons (Fsp3) is 0. The minimum Gasteiger partial charge on any atom is -0.0620 e. The zero-order valence-corrected chi connectivity index (χ0v) is 19.6. The minimum absolute atomic E-state index is 1.39. The van der Waals surface area contributed by atoms with Gasteiger partial charge < -0.3 is 0 Å². The van der Waals surface area contributed by atoms with Gasteiger partial charge in [-0.05, 0) is 48.5 Å². The van der Waals surface area contributed by atoms with Gasteiger partial charge in [-0.2, -0.15) is 0 Å². The Kier molecular flexibility index (Phi) is 7.26. The summed E-state index contributed by atoms with van der Waals surface area (Å²) in [7, 11) is -1.91. The van der Waals surface area contributed by atoms with Crippen molar-refractivity contribution in [3.05, 3.63) is 121 Å². The van der Waals surface area contributed by atoms with Gasteiger partial charge in [0.1, 0.15) is 28.5 Å². The van der Waals surface area contributed by atoms with Gasteiger partial charge in [-0.25, -0.2) is 0 Å². The molecule has 30 heavy (non-hydrogen) atoms. The molecule has 4 aromatic rings. The van der Waals surface area contributed by atoms with Gasteiger partial charge in [0.05, 0.1) is 0 Å². The topological polar surface area (TPSA) is 74.3 Å². The SMILES string of the molecule is [O]=[Re](=[O])(=[O])[O-].c1ccc([P+](c2ccccc2)(c2ccccc2)c2ccccc2)cc1. The number of benzene rings is 4. The molecule has 0 heterocycles. The van der Waals surface area contributed by atoms with Crippen molar-refractivity contribution < 1.29 is 30.0 Å². The smallest absolute Gasteiger partial charge is 0.0620 e. The first-order valence-electron chi connectivity index (χ1n) is 9.15. The van der Waals surface area contributed by atoms with E-state index in [2.05, 4.69) is 121 Å². The van der Waals surface area contributed by atoms with Crippen LogP contribution in [-0.2, 0) is 26.2 Å². The summed E-state index contributed by atoms with van der Waals surface area (Å²) < 4.78 is 34.6. The van der Waals surface area contributed by atoms with Crippen LogP contribution in [0, 0.1) is 0 Å². The summed E-state index contributed by atoms with van der Waals surface area (Å²) in [5.41, 5.74) is 0. The first-order chi connectivity index (χ1) is 14.4. The zero-order chi connectivity index (χ0) is 21.5. The predicted molar refractivity (Wildman–Crippen MR) is 113 cm³/mol. The molecular weight excluding hydrogens is 569 g/mol. The summed E-state index contributed by atoms with van der Waals surface area (Å²) in [5, 5.41) is 5.55. The van der Waals surface area contributed by atoms with Gasteiger partial charge in [0, 0.05) is 0 Å². The third kappa shape index (κ3) is 5.27. The fourth-order valence-corrected chi connectivity index (χ4v) is 7.77. The van der Waals surface area contributed by atoms with Crippen LogP contribution in [0.3, 0.4) is 0 Å². The molecule has 0 saturated carbocycles. The fourth-order valence-electron chi connectivity index (χ4n) is 3.50. The van der Waals surface area contributed by atoms with Crippen molar-refractivity contribution in [1.82, 2.24) is 0 Å². The Bertz CT molecular complexity index is 1050. The van der Waals surface area contributed by atoms with Gasteiger partial charge in [0.25, 0.3) is 0 Å². The van der Waals surface area contributed by atoms with E-state index in [1.807, 2.05) is 0 Å². The second-order valence-corrected chi connectivity index (χ2v) is 12.5. The molecule has 0 amide bonds. The van der Waals surface area contributed by atoms with E-state index >= 15 is 0 Å². The molecule has 0 aromatic heterocycles. The molecule has 0 radical (unpaired) electrons. The zero-order valence-electron chi connectivity index (χ0n) is 16.0.